The highest BCUT2D eigenvalue weighted by Crippen LogP contribution is 2.34. The fourth-order valence-corrected chi connectivity index (χ4v) is 2.69. The number of rotatable bonds is 7. The van der Waals surface area contributed by atoms with E-state index in [0.29, 0.717) is 11.5 Å². The lowest BCUT2D eigenvalue weighted by atomic mass is 9.79. The average molecular weight is 256 g/mol. The Labute approximate surface area is 115 Å². The molecule has 0 heterocycles. The highest BCUT2D eigenvalue weighted by molar-refractivity contribution is 4.95. The van der Waals surface area contributed by atoms with Gasteiger partial charge in [-0.3, -0.25) is 4.90 Å². The van der Waals surface area contributed by atoms with Gasteiger partial charge in [-0.25, -0.2) is 0 Å². The van der Waals surface area contributed by atoms with Gasteiger partial charge in [0.15, 0.2) is 0 Å². The molecule has 18 heavy (non-hydrogen) atoms. The van der Waals surface area contributed by atoms with Crippen molar-refractivity contribution in [3.8, 4) is 0 Å². The first-order valence-corrected chi connectivity index (χ1v) is 7.57. The molecule has 0 spiro atoms. The number of likely N-dealkylation sites (N-methyl/N-ethyl adjacent to an activating group) is 1. The van der Waals surface area contributed by atoms with Crippen LogP contribution in [0.25, 0.3) is 0 Å². The predicted molar refractivity (Wildman–Crippen MR) is 82.8 cm³/mol. The number of nitrogens with two attached hydrogens (primary N) is 1. The van der Waals surface area contributed by atoms with Crippen LogP contribution in [0.5, 0.6) is 0 Å². The second-order valence-corrected chi connectivity index (χ2v) is 7.15. The van der Waals surface area contributed by atoms with Crippen molar-refractivity contribution < 1.29 is 0 Å². The van der Waals surface area contributed by atoms with Gasteiger partial charge < -0.3 is 5.73 Å². The summed E-state index contributed by atoms with van der Waals surface area (Å²) in [5, 5.41) is 0. The van der Waals surface area contributed by atoms with E-state index in [2.05, 4.69) is 60.4 Å². The van der Waals surface area contributed by atoms with Gasteiger partial charge in [-0.15, -0.1) is 0 Å². The van der Waals surface area contributed by atoms with Crippen LogP contribution >= 0.6 is 0 Å². The van der Waals surface area contributed by atoms with Gasteiger partial charge in [0.25, 0.3) is 0 Å². The molecule has 0 amide bonds. The zero-order valence-electron chi connectivity index (χ0n) is 14.0. The maximum absolute atomic E-state index is 6.16. The minimum Gasteiger partial charge on any atom is -0.329 e. The van der Waals surface area contributed by atoms with Gasteiger partial charge in [0.1, 0.15) is 0 Å². The lowest BCUT2D eigenvalue weighted by Gasteiger charge is -2.49. The Balaban J connectivity index is 5.08. The molecule has 0 radical (unpaired) electrons. The van der Waals surface area contributed by atoms with Crippen LogP contribution in [-0.2, 0) is 0 Å². The Morgan fingerprint density at radius 2 is 1.61 bits per heavy atom. The van der Waals surface area contributed by atoms with Gasteiger partial charge in [-0.2, -0.15) is 0 Å². The molecule has 0 saturated heterocycles. The van der Waals surface area contributed by atoms with Crippen molar-refractivity contribution in [3.63, 3.8) is 0 Å². The first kappa shape index (κ1) is 17.9. The summed E-state index contributed by atoms with van der Waals surface area (Å²) in [6.07, 6.45) is 3.57. The second kappa shape index (κ2) is 6.91. The summed E-state index contributed by atoms with van der Waals surface area (Å²) in [6.45, 7) is 16.9. The zero-order chi connectivity index (χ0) is 14.6. The lowest BCUT2D eigenvalue weighted by Crippen LogP contribution is -2.58. The molecule has 0 fully saturated rings. The van der Waals surface area contributed by atoms with Crippen molar-refractivity contribution in [2.75, 3.05) is 13.6 Å². The normalized spacial score (nSPS) is 19.7. The van der Waals surface area contributed by atoms with Crippen molar-refractivity contribution in [1.82, 2.24) is 4.90 Å². The van der Waals surface area contributed by atoms with E-state index in [1.54, 1.807) is 0 Å². The van der Waals surface area contributed by atoms with Crippen molar-refractivity contribution in [2.45, 2.75) is 79.3 Å². The maximum Gasteiger partial charge on any atom is 0.0331 e. The predicted octanol–water partition coefficient (Wildman–Crippen LogP) is 3.90. The molecule has 0 saturated carbocycles. The highest BCUT2D eigenvalue weighted by atomic mass is 15.2. The van der Waals surface area contributed by atoms with E-state index in [4.69, 9.17) is 5.73 Å². The van der Waals surface area contributed by atoms with E-state index in [0.717, 1.165) is 18.9 Å². The van der Waals surface area contributed by atoms with Gasteiger partial charge in [0.05, 0.1) is 0 Å². The lowest BCUT2D eigenvalue weighted by molar-refractivity contribution is 0.0137. The molecule has 0 aliphatic rings. The first-order chi connectivity index (χ1) is 8.14. The molecule has 3 unspecified atom stereocenters. The zero-order valence-corrected chi connectivity index (χ0v) is 14.0. The van der Waals surface area contributed by atoms with Crippen LogP contribution in [0.15, 0.2) is 0 Å². The topological polar surface area (TPSA) is 29.3 Å². The Bertz CT molecular complexity index is 226. The molecule has 2 N–H and O–H groups in total. The average Bonchev–Trinajstić information content (AvgIpc) is 2.32. The molecule has 0 aliphatic carbocycles. The van der Waals surface area contributed by atoms with Gasteiger partial charge in [-0.05, 0) is 38.1 Å². The van der Waals surface area contributed by atoms with Crippen LogP contribution in [0, 0.1) is 11.3 Å². The van der Waals surface area contributed by atoms with Gasteiger partial charge >= 0.3 is 0 Å². The molecule has 3 atom stereocenters. The Hall–Kier alpha value is -0.0800. The summed E-state index contributed by atoms with van der Waals surface area (Å²) in [6, 6.07) is 0.532. The van der Waals surface area contributed by atoms with Crippen LogP contribution in [-0.4, -0.2) is 30.1 Å². The van der Waals surface area contributed by atoms with E-state index >= 15 is 0 Å². The van der Waals surface area contributed by atoms with E-state index in [9.17, 15) is 0 Å². The highest BCUT2D eigenvalue weighted by Gasteiger charge is 2.38. The summed E-state index contributed by atoms with van der Waals surface area (Å²) >= 11 is 0. The molecule has 0 aromatic rings. The summed E-state index contributed by atoms with van der Waals surface area (Å²) in [7, 11) is 2.26. The molecule has 0 aromatic heterocycles. The summed E-state index contributed by atoms with van der Waals surface area (Å²) in [5.41, 5.74) is 6.61. The minimum atomic E-state index is 0.155. The Morgan fingerprint density at radius 1 is 1.11 bits per heavy atom. The summed E-state index contributed by atoms with van der Waals surface area (Å²) < 4.78 is 0. The standard InChI is InChI=1S/C16H36N2/c1-9-13(3)11-16(10-2,12-17)18(8)14(4)15(5,6)7/h13-14H,9-12,17H2,1-8H3. The smallest absolute Gasteiger partial charge is 0.0331 e. The Morgan fingerprint density at radius 3 is 1.89 bits per heavy atom. The van der Waals surface area contributed by atoms with Gasteiger partial charge in [-0.1, -0.05) is 48.0 Å². The summed E-state index contributed by atoms with van der Waals surface area (Å²) in [4.78, 5) is 2.54. The molecule has 2 nitrogen and oxygen atoms in total. The number of hydrogen-bond acceptors (Lipinski definition) is 2. The Kier molecular flexibility index (Phi) is 6.87. The van der Waals surface area contributed by atoms with Crippen molar-refractivity contribution in [3.05, 3.63) is 0 Å². The molecule has 0 bridgehead atoms. The molecule has 0 rings (SSSR count). The van der Waals surface area contributed by atoms with Crippen molar-refractivity contribution in [1.29, 1.82) is 0 Å². The third kappa shape index (κ3) is 4.24. The largest absolute Gasteiger partial charge is 0.329 e. The fourth-order valence-electron chi connectivity index (χ4n) is 2.69. The first-order valence-electron chi connectivity index (χ1n) is 7.57. The maximum atomic E-state index is 6.16. The monoisotopic (exact) mass is 256 g/mol. The van der Waals surface area contributed by atoms with Crippen LogP contribution < -0.4 is 5.73 Å². The molecule has 110 valence electrons. The SMILES string of the molecule is CCC(C)CC(CC)(CN)N(C)C(C)C(C)(C)C. The third-order valence-corrected chi connectivity index (χ3v) is 5.05. The van der Waals surface area contributed by atoms with Crippen molar-refractivity contribution >= 4 is 0 Å². The van der Waals surface area contributed by atoms with E-state index in [1.165, 1.54) is 12.8 Å². The molecule has 0 aromatic carbocycles. The van der Waals surface area contributed by atoms with Crippen LogP contribution in [0.4, 0.5) is 0 Å². The minimum absolute atomic E-state index is 0.155. The van der Waals surface area contributed by atoms with E-state index < -0.39 is 0 Å². The van der Waals surface area contributed by atoms with Crippen LogP contribution in [0.1, 0.15) is 67.7 Å². The quantitative estimate of drug-likeness (QED) is 0.748. The third-order valence-electron chi connectivity index (χ3n) is 5.05. The number of nitrogens with zero attached hydrogens (tertiary/aromatic N) is 1. The van der Waals surface area contributed by atoms with Gasteiger partial charge in [0.2, 0.25) is 0 Å². The summed E-state index contributed by atoms with van der Waals surface area (Å²) in [5.74, 6) is 0.739. The van der Waals surface area contributed by atoms with E-state index in [1.807, 2.05) is 0 Å². The van der Waals surface area contributed by atoms with Gasteiger partial charge in [0, 0.05) is 18.1 Å². The molecule has 0 aliphatic heterocycles. The molecular formula is C16H36N2. The van der Waals surface area contributed by atoms with Crippen LogP contribution in [0.2, 0.25) is 0 Å². The van der Waals surface area contributed by atoms with E-state index in [-0.39, 0.29) is 5.54 Å². The fraction of sp³-hybridized carbons (Fsp3) is 1.00. The molecule has 2 heteroatoms. The van der Waals surface area contributed by atoms with Crippen LogP contribution in [0.3, 0.4) is 0 Å². The second-order valence-electron chi connectivity index (χ2n) is 7.15. The van der Waals surface area contributed by atoms with Crippen molar-refractivity contribution in [2.24, 2.45) is 17.1 Å². The molecular weight excluding hydrogens is 220 g/mol. The number of hydrogen-bond donors (Lipinski definition) is 1.